The van der Waals surface area contributed by atoms with Crippen LogP contribution in [0.5, 0.6) is 0 Å². The van der Waals surface area contributed by atoms with Crippen molar-refractivity contribution >= 4 is 33.9 Å². The summed E-state index contributed by atoms with van der Waals surface area (Å²) >= 11 is 4.12. The fourth-order valence-electron chi connectivity index (χ4n) is 1.82. The minimum Gasteiger partial charge on any atom is -0.310 e. The molecule has 0 fully saturated rings. The molecule has 0 amide bonds. The van der Waals surface area contributed by atoms with Gasteiger partial charge in [-0.25, -0.2) is 4.98 Å². The molecule has 0 spiro atoms. The van der Waals surface area contributed by atoms with Crippen molar-refractivity contribution in [3.63, 3.8) is 0 Å². The third-order valence-electron chi connectivity index (χ3n) is 2.59. The Balaban J connectivity index is 2.20. The second-order valence-corrected chi connectivity index (χ2v) is 5.90. The molecule has 2 nitrogen and oxygen atoms in total. The molecular weight excluding hydrogens is 343 g/mol. The molecule has 0 aliphatic carbocycles. The third-order valence-corrected chi connectivity index (χ3v) is 4.38. The summed E-state index contributed by atoms with van der Waals surface area (Å²) in [5.41, 5.74) is 1.37. The highest BCUT2D eigenvalue weighted by molar-refractivity contribution is 14.1. The standard InChI is InChI=1S/C13H15IN2S/c1-2-15-12(9-13-16-7-8-17-13)10-5-3-4-6-11(10)14/h3-8,12,15H,2,9H2,1H3. The van der Waals surface area contributed by atoms with Gasteiger partial charge < -0.3 is 5.32 Å². The Kier molecular flexibility index (Phi) is 4.94. The van der Waals surface area contributed by atoms with Gasteiger partial charge >= 0.3 is 0 Å². The Morgan fingerprint density at radius 3 is 2.88 bits per heavy atom. The molecular formula is C13H15IN2S. The number of hydrogen-bond donors (Lipinski definition) is 1. The fraction of sp³-hybridized carbons (Fsp3) is 0.308. The van der Waals surface area contributed by atoms with Crippen molar-refractivity contribution in [3.05, 3.63) is 50.0 Å². The van der Waals surface area contributed by atoms with Crippen molar-refractivity contribution in [2.45, 2.75) is 19.4 Å². The highest BCUT2D eigenvalue weighted by Gasteiger charge is 2.14. The smallest absolute Gasteiger partial charge is 0.0943 e. The molecule has 1 aromatic carbocycles. The van der Waals surface area contributed by atoms with Crippen LogP contribution in [0.15, 0.2) is 35.8 Å². The monoisotopic (exact) mass is 358 g/mol. The molecule has 1 unspecified atom stereocenters. The van der Waals surface area contributed by atoms with Crippen molar-refractivity contribution in [1.82, 2.24) is 10.3 Å². The van der Waals surface area contributed by atoms with E-state index in [9.17, 15) is 0 Å². The number of rotatable bonds is 5. The van der Waals surface area contributed by atoms with Crippen LogP contribution in [0.25, 0.3) is 0 Å². The summed E-state index contributed by atoms with van der Waals surface area (Å²) < 4.78 is 1.31. The Morgan fingerprint density at radius 1 is 1.41 bits per heavy atom. The molecule has 0 saturated carbocycles. The molecule has 1 aromatic heterocycles. The van der Waals surface area contributed by atoms with Crippen molar-refractivity contribution in [3.8, 4) is 0 Å². The third kappa shape index (κ3) is 3.50. The van der Waals surface area contributed by atoms with Crippen molar-refractivity contribution in [2.24, 2.45) is 0 Å². The quantitative estimate of drug-likeness (QED) is 0.826. The largest absolute Gasteiger partial charge is 0.310 e. The minimum absolute atomic E-state index is 0.360. The van der Waals surface area contributed by atoms with E-state index in [1.165, 1.54) is 14.1 Å². The second-order valence-electron chi connectivity index (χ2n) is 3.76. The van der Waals surface area contributed by atoms with Crippen LogP contribution >= 0.6 is 33.9 Å². The first-order valence-electron chi connectivity index (χ1n) is 5.67. The van der Waals surface area contributed by atoms with Crippen LogP contribution in [0.2, 0.25) is 0 Å². The molecule has 90 valence electrons. The number of thiazole rings is 1. The molecule has 17 heavy (non-hydrogen) atoms. The SMILES string of the molecule is CCNC(Cc1nccs1)c1ccccc1I. The maximum Gasteiger partial charge on any atom is 0.0943 e. The maximum absolute atomic E-state index is 4.37. The van der Waals surface area contributed by atoms with Gasteiger partial charge in [0.15, 0.2) is 0 Å². The molecule has 0 bridgehead atoms. The van der Waals surface area contributed by atoms with E-state index in [4.69, 9.17) is 0 Å². The predicted molar refractivity (Wildman–Crippen MR) is 81.4 cm³/mol. The molecule has 0 aliphatic heterocycles. The number of aromatic nitrogens is 1. The van der Waals surface area contributed by atoms with E-state index < -0.39 is 0 Å². The van der Waals surface area contributed by atoms with Gasteiger partial charge in [0.05, 0.1) is 5.01 Å². The lowest BCUT2D eigenvalue weighted by molar-refractivity contribution is 0.546. The van der Waals surface area contributed by atoms with Crippen molar-refractivity contribution < 1.29 is 0 Å². The Bertz CT molecular complexity index is 456. The molecule has 2 aromatic rings. The van der Waals surface area contributed by atoms with Crippen LogP contribution < -0.4 is 5.32 Å². The summed E-state index contributed by atoms with van der Waals surface area (Å²) in [4.78, 5) is 4.37. The predicted octanol–water partition coefficient (Wildman–Crippen LogP) is 3.64. The van der Waals surface area contributed by atoms with E-state index in [0.717, 1.165) is 13.0 Å². The van der Waals surface area contributed by atoms with Crippen LogP contribution in [-0.2, 0) is 6.42 Å². The average molecular weight is 358 g/mol. The number of benzene rings is 1. The highest BCUT2D eigenvalue weighted by atomic mass is 127. The van der Waals surface area contributed by atoms with Gasteiger partial charge in [-0.05, 0) is 40.8 Å². The molecule has 0 aliphatic rings. The summed E-state index contributed by atoms with van der Waals surface area (Å²) in [5, 5.41) is 6.77. The van der Waals surface area contributed by atoms with E-state index in [-0.39, 0.29) is 0 Å². The van der Waals surface area contributed by atoms with Crippen LogP contribution in [0.3, 0.4) is 0 Å². The van der Waals surface area contributed by atoms with E-state index in [2.05, 4.69) is 64.1 Å². The van der Waals surface area contributed by atoms with E-state index >= 15 is 0 Å². The Labute approximate surface area is 120 Å². The second kappa shape index (κ2) is 6.47. The normalized spacial score (nSPS) is 12.6. The first-order chi connectivity index (χ1) is 8.31. The van der Waals surface area contributed by atoms with Gasteiger partial charge in [0.25, 0.3) is 0 Å². The summed E-state index contributed by atoms with van der Waals surface area (Å²) in [6, 6.07) is 8.89. The first-order valence-corrected chi connectivity index (χ1v) is 7.63. The number of likely N-dealkylation sites (N-methyl/N-ethyl adjacent to an activating group) is 1. The molecule has 4 heteroatoms. The average Bonchev–Trinajstić information content (AvgIpc) is 2.82. The zero-order chi connectivity index (χ0) is 12.1. The fourth-order valence-corrected chi connectivity index (χ4v) is 3.25. The first kappa shape index (κ1) is 13.0. The van der Waals surface area contributed by atoms with Crippen molar-refractivity contribution in [2.75, 3.05) is 6.54 Å². The van der Waals surface area contributed by atoms with Gasteiger partial charge in [0.1, 0.15) is 0 Å². The number of nitrogens with one attached hydrogen (secondary N) is 1. The van der Waals surface area contributed by atoms with Gasteiger partial charge in [-0.15, -0.1) is 11.3 Å². The highest BCUT2D eigenvalue weighted by Crippen LogP contribution is 2.24. The van der Waals surface area contributed by atoms with Gasteiger partial charge in [-0.2, -0.15) is 0 Å². The van der Waals surface area contributed by atoms with Gasteiger partial charge in [0.2, 0.25) is 0 Å². The maximum atomic E-state index is 4.37. The molecule has 1 N–H and O–H groups in total. The lowest BCUT2D eigenvalue weighted by Crippen LogP contribution is -2.23. The number of nitrogens with zero attached hydrogens (tertiary/aromatic N) is 1. The lowest BCUT2D eigenvalue weighted by Gasteiger charge is -2.18. The lowest BCUT2D eigenvalue weighted by atomic mass is 10.0. The molecule has 0 radical (unpaired) electrons. The topological polar surface area (TPSA) is 24.9 Å². The van der Waals surface area contributed by atoms with Gasteiger partial charge in [-0.3, -0.25) is 0 Å². The molecule has 2 rings (SSSR count). The summed E-state index contributed by atoms with van der Waals surface area (Å²) in [5.74, 6) is 0. The van der Waals surface area contributed by atoms with Gasteiger partial charge in [-0.1, -0.05) is 25.1 Å². The zero-order valence-electron chi connectivity index (χ0n) is 9.69. The molecule has 1 atom stereocenters. The van der Waals surface area contributed by atoms with E-state index in [1.807, 2.05) is 11.6 Å². The van der Waals surface area contributed by atoms with E-state index in [0.29, 0.717) is 6.04 Å². The summed E-state index contributed by atoms with van der Waals surface area (Å²) in [7, 11) is 0. The van der Waals surface area contributed by atoms with Gasteiger partial charge in [0, 0.05) is 27.6 Å². The van der Waals surface area contributed by atoms with Crippen LogP contribution in [-0.4, -0.2) is 11.5 Å². The van der Waals surface area contributed by atoms with Crippen LogP contribution in [0.4, 0.5) is 0 Å². The number of halogens is 1. The summed E-state index contributed by atoms with van der Waals surface area (Å²) in [6.45, 7) is 3.12. The molecule has 1 heterocycles. The zero-order valence-corrected chi connectivity index (χ0v) is 12.7. The Morgan fingerprint density at radius 2 is 2.24 bits per heavy atom. The Hall–Kier alpha value is -0.460. The van der Waals surface area contributed by atoms with E-state index in [1.54, 1.807) is 11.3 Å². The summed E-state index contributed by atoms with van der Waals surface area (Å²) in [6.07, 6.45) is 2.84. The molecule has 0 saturated heterocycles. The van der Waals surface area contributed by atoms with Crippen LogP contribution in [0, 0.1) is 3.57 Å². The van der Waals surface area contributed by atoms with Crippen molar-refractivity contribution in [1.29, 1.82) is 0 Å². The minimum atomic E-state index is 0.360. The number of hydrogen-bond acceptors (Lipinski definition) is 3. The van der Waals surface area contributed by atoms with Crippen LogP contribution in [0.1, 0.15) is 23.5 Å².